The highest BCUT2D eigenvalue weighted by Gasteiger charge is 1.85. The highest BCUT2D eigenvalue weighted by Crippen LogP contribution is 1.94. The van der Waals surface area contributed by atoms with Crippen LogP contribution in [0.2, 0.25) is 0 Å². The molecule has 2 heteroatoms. The Morgan fingerprint density at radius 1 is 1.50 bits per heavy atom. The fourth-order valence-corrected chi connectivity index (χ4v) is 0.511. The summed E-state index contributed by atoms with van der Waals surface area (Å²) in [5, 5.41) is 2.94. The maximum Gasteiger partial charge on any atom is 0.0537 e. The average molecular weight is 108 g/mol. The van der Waals surface area contributed by atoms with Crippen molar-refractivity contribution in [2.45, 2.75) is 0 Å². The predicted molar refractivity (Wildman–Crippen MR) is 33.7 cm³/mol. The SMILES string of the molecule is N/C=C1/C=CC=CN1. The maximum atomic E-state index is 5.19. The summed E-state index contributed by atoms with van der Waals surface area (Å²) in [7, 11) is 0. The summed E-state index contributed by atoms with van der Waals surface area (Å²) < 4.78 is 0. The molecule has 1 aliphatic heterocycles. The van der Waals surface area contributed by atoms with E-state index in [1.54, 1.807) is 0 Å². The summed E-state index contributed by atoms with van der Waals surface area (Å²) in [6.07, 6.45) is 9.10. The molecule has 0 saturated heterocycles. The zero-order valence-corrected chi connectivity index (χ0v) is 4.46. The topological polar surface area (TPSA) is 38.0 Å². The number of nitrogens with one attached hydrogen (secondary N) is 1. The summed E-state index contributed by atoms with van der Waals surface area (Å²) in [5.41, 5.74) is 6.13. The molecule has 1 rings (SSSR count). The first-order valence-corrected chi connectivity index (χ1v) is 2.45. The summed E-state index contributed by atoms with van der Waals surface area (Å²) in [4.78, 5) is 0. The third kappa shape index (κ3) is 0.904. The summed E-state index contributed by atoms with van der Waals surface area (Å²) in [5.74, 6) is 0. The van der Waals surface area contributed by atoms with Crippen molar-refractivity contribution in [2.75, 3.05) is 0 Å². The Balaban J connectivity index is 2.66. The van der Waals surface area contributed by atoms with Gasteiger partial charge in [-0.1, -0.05) is 6.08 Å². The van der Waals surface area contributed by atoms with E-state index in [1.165, 1.54) is 6.20 Å². The van der Waals surface area contributed by atoms with Gasteiger partial charge < -0.3 is 11.1 Å². The van der Waals surface area contributed by atoms with Crippen LogP contribution in [0.1, 0.15) is 0 Å². The van der Waals surface area contributed by atoms with E-state index in [2.05, 4.69) is 5.32 Å². The minimum absolute atomic E-state index is 0.938. The van der Waals surface area contributed by atoms with Crippen molar-refractivity contribution in [2.24, 2.45) is 5.73 Å². The molecule has 0 radical (unpaired) electrons. The van der Waals surface area contributed by atoms with Gasteiger partial charge in [-0.2, -0.15) is 0 Å². The van der Waals surface area contributed by atoms with Gasteiger partial charge in [-0.3, -0.25) is 0 Å². The van der Waals surface area contributed by atoms with Gasteiger partial charge in [0.25, 0.3) is 0 Å². The normalized spacial score (nSPS) is 21.2. The minimum Gasteiger partial charge on any atom is -0.403 e. The summed E-state index contributed by atoms with van der Waals surface area (Å²) >= 11 is 0. The monoisotopic (exact) mass is 108 g/mol. The van der Waals surface area contributed by atoms with E-state index in [-0.39, 0.29) is 0 Å². The van der Waals surface area contributed by atoms with Crippen LogP contribution in [0.25, 0.3) is 0 Å². The highest BCUT2D eigenvalue weighted by molar-refractivity contribution is 5.25. The van der Waals surface area contributed by atoms with E-state index in [0.717, 1.165) is 5.70 Å². The molecule has 0 bridgehead atoms. The van der Waals surface area contributed by atoms with Crippen LogP contribution in [0.5, 0.6) is 0 Å². The van der Waals surface area contributed by atoms with E-state index >= 15 is 0 Å². The molecule has 2 nitrogen and oxygen atoms in total. The van der Waals surface area contributed by atoms with Gasteiger partial charge in [0, 0.05) is 12.4 Å². The molecule has 0 atom stereocenters. The van der Waals surface area contributed by atoms with Crippen LogP contribution >= 0.6 is 0 Å². The Morgan fingerprint density at radius 2 is 2.38 bits per heavy atom. The van der Waals surface area contributed by atoms with Crippen molar-refractivity contribution in [1.29, 1.82) is 0 Å². The second kappa shape index (κ2) is 2.21. The Morgan fingerprint density at radius 3 is 2.75 bits per heavy atom. The van der Waals surface area contributed by atoms with E-state index in [0.29, 0.717) is 0 Å². The summed E-state index contributed by atoms with van der Waals surface area (Å²) in [6, 6.07) is 0. The van der Waals surface area contributed by atoms with Gasteiger partial charge in [0.15, 0.2) is 0 Å². The Bertz CT molecular complexity index is 154. The molecular formula is C6H8N2. The van der Waals surface area contributed by atoms with Gasteiger partial charge >= 0.3 is 0 Å². The number of hydrogen-bond acceptors (Lipinski definition) is 2. The first-order valence-electron chi connectivity index (χ1n) is 2.45. The first-order chi connectivity index (χ1) is 3.93. The van der Waals surface area contributed by atoms with E-state index < -0.39 is 0 Å². The van der Waals surface area contributed by atoms with Gasteiger partial charge in [0.05, 0.1) is 5.70 Å². The number of allylic oxidation sites excluding steroid dienone is 3. The molecule has 0 saturated carbocycles. The fraction of sp³-hybridized carbons (Fsp3) is 0. The van der Waals surface area contributed by atoms with Crippen molar-refractivity contribution in [3.05, 3.63) is 36.3 Å². The van der Waals surface area contributed by atoms with E-state index in [4.69, 9.17) is 5.73 Å². The average Bonchev–Trinajstić information content (AvgIpc) is 1.90. The van der Waals surface area contributed by atoms with Crippen LogP contribution in [-0.4, -0.2) is 0 Å². The van der Waals surface area contributed by atoms with Crippen molar-refractivity contribution < 1.29 is 0 Å². The Kier molecular flexibility index (Phi) is 1.37. The second-order valence-electron chi connectivity index (χ2n) is 1.48. The molecular weight excluding hydrogens is 100 g/mol. The van der Waals surface area contributed by atoms with Crippen molar-refractivity contribution in [1.82, 2.24) is 5.32 Å². The smallest absolute Gasteiger partial charge is 0.0537 e. The van der Waals surface area contributed by atoms with Crippen LogP contribution in [0.3, 0.4) is 0 Å². The molecule has 0 aliphatic carbocycles. The third-order valence-corrected chi connectivity index (χ3v) is 0.913. The van der Waals surface area contributed by atoms with Gasteiger partial charge in [0.1, 0.15) is 0 Å². The molecule has 0 aromatic rings. The van der Waals surface area contributed by atoms with Crippen LogP contribution < -0.4 is 11.1 Å². The fourth-order valence-electron chi connectivity index (χ4n) is 0.511. The minimum atomic E-state index is 0.938. The van der Waals surface area contributed by atoms with Crippen LogP contribution in [0.4, 0.5) is 0 Å². The van der Waals surface area contributed by atoms with Crippen molar-refractivity contribution >= 4 is 0 Å². The van der Waals surface area contributed by atoms with Crippen molar-refractivity contribution in [3.63, 3.8) is 0 Å². The molecule has 42 valence electrons. The molecule has 0 fully saturated rings. The van der Waals surface area contributed by atoms with Gasteiger partial charge in [-0.25, -0.2) is 0 Å². The Hall–Kier alpha value is -1.18. The largest absolute Gasteiger partial charge is 0.403 e. The maximum absolute atomic E-state index is 5.19. The molecule has 0 aromatic carbocycles. The zero-order valence-electron chi connectivity index (χ0n) is 4.46. The number of hydrogen-bond donors (Lipinski definition) is 2. The molecule has 3 N–H and O–H groups in total. The van der Waals surface area contributed by atoms with Crippen LogP contribution in [-0.2, 0) is 0 Å². The number of nitrogens with two attached hydrogens (primary N) is 1. The standard InChI is InChI=1S/C6H8N2/c7-5-6-3-1-2-4-8-6/h1-5,8H,7H2/b6-5-. The van der Waals surface area contributed by atoms with Gasteiger partial charge in [-0.05, 0) is 12.2 Å². The third-order valence-electron chi connectivity index (χ3n) is 0.913. The van der Waals surface area contributed by atoms with Crippen molar-refractivity contribution in [3.8, 4) is 0 Å². The second-order valence-corrected chi connectivity index (χ2v) is 1.48. The summed E-state index contributed by atoms with van der Waals surface area (Å²) in [6.45, 7) is 0. The van der Waals surface area contributed by atoms with Crippen LogP contribution in [0, 0.1) is 0 Å². The lowest BCUT2D eigenvalue weighted by Crippen LogP contribution is -2.06. The van der Waals surface area contributed by atoms with Gasteiger partial charge in [0.2, 0.25) is 0 Å². The Labute approximate surface area is 48.4 Å². The van der Waals surface area contributed by atoms with E-state index in [1.807, 2.05) is 24.4 Å². The highest BCUT2D eigenvalue weighted by atomic mass is 14.9. The van der Waals surface area contributed by atoms with Gasteiger partial charge in [-0.15, -0.1) is 0 Å². The number of rotatable bonds is 0. The zero-order chi connectivity index (χ0) is 5.82. The molecule has 0 unspecified atom stereocenters. The lowest BCUT2D eigenvalue weighted by atomic mass is 10.3. The molecule has 1 aliphatic rings. The number of dihydropyridines is 1. The lowest BCUT2D eigenvalue weighted by Gasteiger charge is -2.01. The quantitative estimate of drug-likeness (QED) is 0.473. The lowest BCUT2D eigenvalue weighted by molar-refractivity contribution is 1.08. The molecule has 8 heavy (non-hydrogen) atoms. The molecule has 0 spiro atoms. The predicted octanol–water partition coefficient (Wildman–Crippen LogP) is 0.460. The molecule has 0 amide bonds. The molecule has 0 aromatic heterocycles. The molecule has 1 heterocycles. The van der Waals surface area contributed by atoms with E-state index in [9.17, 15) is 0 Å². The van der Waals surface area contributed by atoms with Crippen LogP contribution in [0.15, 0.2) is 36.3 Å². The first kappa shape index (κ1) is 4.97.